The molecule has 0 saturated carbocycles. The molecule has 0 aliphatic heterocycles. The number of anilines is 1. The van der Waals surface area contributed by atoms with Gasteiger partial charge in [0.15, 0.2) is 0 Å². The first-order valence-electron chi connectivity index (χ1n) is 4.69. The van der Waals surface area contributed by atoms with Gasteiger partial charge in [-0.25, -0.2) is 9.97 Å². The second-order valence-corrected chi connectivity index (χ2v) is 4.60. The monoisotopic (exact) mass is 314 g/mol. The van der Waals surface area contributed by atoms with Crippen molar-refractivity contribution in [1.82, 2.24) is 14.5 Å². The van der Waals surface area contributed by atoms with E-state index in [1.165, 1.54) is 17.1 Å². The van der Waals surface area contributed by atoms with Crippen molar-refractivity contribution in [3.8, 4) is 0 Å². The Morgan fingerprint density at radius 3 is 3.00 bits per heavy atom. The highest BCUT2D eigenvalue weighted by Crippen LogP contribution is 2.15. The SMILES string of the molecule is Nc1ccc(Cl)c(Cn2cncc(Br)c2=O)n1. The Bertz CT molecular complexity index is 613. The van der Waals surface area contributed by atoms with E-state index in [2.05, 4.69) is 25.9 Å². The van der Waals surface area contributed by atoms with Gasteiger partial charge in [-0.3, -0.25) is 9.36 Å². The van der Waals surface area contributed by atoms with Crippen molar-refractivity contribution in [1.29, 1.82) is 0 Å². The average Bonchev–Trinajstić information content (AvgIpc) is 2.30. The minimum absolute atomic E-state index is 0.194. The molecular formula is C10H8BrClN4O. The van der Waals surface area contributed by atoms with Crippen LogP contribution in [0.5, 0.6) is 0 Å². The lowest BCUT2D eigenvalue weighted by Gasteiger charge is -2.07. The fourth-order valence-corrected chi connectivity index (χ4v) is 1.82. The summed E-state index contributed by atoms with van der Waals surface area (Å²) in [6.45, 7) is 0.231. The molecule has 5 nitrogen and oxygen atoms in total. The summed E-state index contributed by atoms with van der Waals surface area (Å²) in [6.07, 6.45) is 2.86. The molecule has 2 heterocycles. The molecule has 0 atom stereocenters. The fraction of sp³-hybridized carbons (Fsp3) is 0.100. The highest BCUT2D eigenvalue weighted by Gasteiger charge is 2.06. The predicted octanol–water partition coefficient (Wildman–Crippen LogP) is 1.68. The van der Waals surface area contributed by atoms with E-state index in [0.29, 0.717) is 21.0 Å². The number of nitrogens with zero attached hydrogens (tertiary/aromatic N) is 3. The first-order valence-corrected chi connectivity index (χ1v) is 5.86. The van der Waals surface area contributed by atoms with E-state index >= 15 is 0 Å². The lowest BCUT2D eigenvalue weighted by atomic mass is 10.3. The van der Waals surface area contributed by atoms with Gasteiger partial charge < -0.3 is 5.73 Å². The maximum absolute atomic E-state index is 11.7. The van der Waals surface area contributed by atoms with E-state index in [1.807, 2.05) is 0 Å². The van der Waals surface area contributed by atoms with Crippen LogP contribution < -0.4 is 11.3 Å². The molecule has 17 heavy (non-hydrogen) atoms. The summed E-state index contributed by atoms with van der Waals surface area (Å²) in [4.78, 5) is 19.7. The van der Waals surface area contributed by atoms with Crippen molar-refractivity contribution >= 4 is 33.3 Å². The molecule has 2 N–H and O–H groups in total. The third-order valence-electron chi connectivity index (χ3n) is 2.12. The van der Waals surface area contributed by atoms with Gasteiger partial charge in [0.05, 0.1) is 23.6 Å². The lowest BCUT2D eigenvalue weighted by Crippen LogP contribution is -2.22. The number of nitrogen functional groups attached to an aromatic ring is 1. The molecule has 2 aromatic heterocycles. The summed E-state index contributed by atoms with van der Waals surface area (Å²) in [5.41, 5.74) is 5.91. The van der Waals surface area contributed by atoms with E-state index < -0.39 is 0 Å². The van der Waals surface area contributed by atoms with Gasteiger partial charge >= 0.3 is 0 Å². The van der Waals surface area contributed by atoms with Gasteiger partial charge in [0.1, 0.15) is 10.3 Å². The normalized spacial score (nSPS) is 10.5. The van der Waals surface area contributed by atoms with Crippen LogP contribution >= 0.6 is 27.5 Å². The van der Waals surface area contributed by atoms with E-state index in [-0.39, 0.29) is 12.1 Å². The molecule has 0 bridgehead atoms. The van der Waals surface area contributed by atoms with E-state index in [4.69, 9.17) is 17.3 Å². The van der Waals surface area contributed by atoms with Gasteiger partial charge in [0.2, 0.25) is 0 Å². The average molecular weight is 316 g/mol. The molecule has 0 fully saturated rings. The van der Waals surface area contributed by atoms with Crippen LogP contribution in [-0.4, -0.2) is 14.5 Å². The van der Waals surface area contributed by atoms with Gasteiger partial charge in [-0.1, -0.05) is 11.6 Å². The molecule has 0 unspecified atom stereocenters. The van der Waals surface area contributed by atoms with Crippen molar-refractivity contribution in [2.45, 2.75) is 6.54 Å². The summed E-state index contributed by atoms with van der Waals surface area (Å²) in [6, 6.07) is 3.25. The van der Waals surface area contributed by atoms with Crippen LogP contribution in [0.1, 0.15) is 5.69 Å². The summed E-state index contributed by atoms with van der Waals surface area (Å²) in [7, 11) is 0. The van der Waals surface area contributed by atoms with Crippen LogP contribution in [0.4, 0.5) is 5.82 Å². The third kappa shape index (κ3) is 2.65. The molecule has 0 aromatic carbocycles. The van der Waals surface area contributed by atoms with Gasteiger partial charge in [0.25, 0.3) is 5.56 Å². The topological polar surface area (TPSA) is 73.8 Å². The molecule has 0 amide bonds. The first-order chi connectivity index (χ1) is 8.08. The molecule has 0 radical (unpaired) electrons. The quantitative estimate of drug-likeness (QED) is 0.915. The maximum Gasteiger partial charge on any atom is 0.267 e. The summed E-state index contributed by atoms with van der Waals surface area (Å²) in [5, 5.41) is 0.464. The number of pyridine rings is 1. The first kappa shape index (κ1) is 12.1. The van der Waals surface area contributed by atoms with Crippen LogP contribution in [0, 0.1) is 0 Å². The van der Waals surface area contributed by atoms with Crippen LogP contribution in [0.15, 0.2) is 33.9 Å². The number of hydrogen-bond acceptors (Lipinski definition) is 4. The molecule has 0 saturated heterocycles. The van der Waals surface area contributed by atoms with Crippen molar-refractivity contribution < 1.29 is 0 Å². The lowest BCUT2D eigenvalue weighted by molar-refractivity contribution is 0.715. The van der Waals surface area contributed by atoms with Crippen molar-refractivity contribution in [3.05, 3.63) is 50.2 Å². The van der Waals surface area contributed by atoms with E-state index in [1.54, 1.807) is 12.1 Å². The van der Waals surface area contributed by atoms with Gasteiger partial charge in [-0.2, -0.15) is 0 Å². The molecule has 2 rings (SSSR count). The number of rotatable bonds is 2. The minimum atomic E-state index is -0.194. The number of aromatic nitrogens is 3. The molecule has 0 aliphatic rings. The molecule has 0 spiro atoms. The molecule has 2 aromatic rings. The van der Waals surface area contributed by atoms with Crippen LogP contribution in [-0.2, 0) is 6.54 Å². The Hall–Kier alpha value is -1.40. The largest absolute Gasteiger partial charge is 0.384 e. The Kier molecular flexibility index (Phi) is 3.44. The van der Waals surface area contributed by atoms with Crippen LogP contribution in [0.3, 0.4) is 0 Å². The van der Waals surface area contributed by atoms with E-state index in [9.17, 15) is 4.79 Å². The Morgan fingerprint density at radius 1 is 1.47 bits per heavy atom. The number of halogens is 2. The summed E-state index contributed by atoms with van der Waals surface area (Å²) >= 11 is 9.09. The Morgan fingerprint density at radius 2 is 2.24 bits per heavy atom. The highest BCUT2D eigenvalue weighted by atomic mass is 79.9. The zero-order valence-electron chi connectivity index (χ0n) is 8.60. The zero-order valence-corrected chi connectivity index (χ0v) is 10.9. The predicted molar refractivity (Wildman–Crippen MR) is 69.0 cm³/mol. The smallest absolute Gasteiger partial charge is 0.267 e. The van der Waals surface area contributed by atoms with Crippen LogP contribution in [0.25, 0.3) is 0 Å². The molecule has 0 aliphatic carbocycles. The summed E-state index contributed by atoms with van der Waals surface area (Å²) in [5.74, 6) is 0.361. The minimum Gasteiger partial charge on any atom is -0.384 e. The van der Waals surface area contributed by atoms with Gasteiger partial charge in [-0.15, -0.1) is 0 Å². The third-order valence-corrected chi connectivity index (χ3v) is 3.01. The van der Waals surface area contributed by atoms with Gasteiger partial charge in [0, 0.05) is 6.20 Å². The second-order valence-electron chi connectivity index (χ2n) is 3.34. The fourth-order valence-electron chi connectivity index (χ4n) is 1.31. The molecular weight excluding hydrogens is 307 g/mol. The van der Waals surface area contributed by atoms with Crippen LogP contribution in [0.2, 0.25) is 5.02 Å². The molecule has 88 valence electrons. The number of nitrogens with two attached hydrogens (primary N) is 1. The Balaban J connectivity index is 2.41. The van der Waals surface area contributed by atoms with Crippen molar-refractivity contribution in [2.75, 3.05) is 5.73 Å². The Labute approximate surface area is 110 Å². The van der Waals surface area contributed by atoms with Crippen molar-refractivity contribution in [3.63, 3.8) is 0 Å². The second kappa shape index (κ2) is 4.85. The van der Waals surface area contributed by atoms with E-state index in [0.717, 1.165) is 0 Å². The highest BCUT2D eigenvalue weighted by molar-refractivity contribution is 9.10. The standard InChI is InChI=1S/C10H8BrClN4O/c11-6-3-14-5-16(10(6)17)4-8-7(12)1-2-9(13)15-8/h1-3,5H,4H2,(H2,13,15). The number of hydrogen-bond donors (Lipinski definition) is 1. The van der Waals surface area contributed by atoms with Gasteiger partial charge in [-0.05, 0) is 28.1 Å². The summed E-state index contributed by atoms with van der Waals surface area (Å²) < 4.78 is 1.79. The maximum atomic E-state index is 11.7. The zero-order chi connectivity index (χ0) is 12.4. The van der Waals surface area contributed by atoms with Crippen molar-refractivity contribution in [2.24, 2.45) is 0 Å². The molecule has 7 heteroatoms.